The van der Waals surface area contributed by atoms with Gasteiger partial charge in [-0.1, -0.05) is 12.2 Å². The number of hydrogen-bond acceptors (Lipinski definition) is 3. The number of thioether (sulfide) groups is 1. The smallest absolute Gasteiger partial charge is 0.326 e. The van der Waals surface area contributed by atoms with Crippen LogP contribution in [0, 0.1) is 5.92 Å². The van der Waals surface area contributed by atoms with Gasteiger partial charge in [-0.25, -0.2) is 0 Å². The Morgan fingerprint density at radius 1 is 1.25 bits per heavy atom. The van der Waals surface area contributed by atoms with Gasteiger partial charge in [0.15, 0.2) is 0 Å². The Labute approximate surface area is 118 Å². The number of rotatable bonds is 3. The molecule has 0 aromatic heterocycles. The summed E-state index contributed by atoms with van der Waals surface area (Å²) in [5.74, 6) is -0.486. The second-order valence-electron chi connectivity index (χ2n) is 4.45. The minimum Gasteiger partial charge on any atom is -0.326 e. The SMILES string of the molecule is NC1C=CC(C(=O)Nc2ccc(SC(F)(F)F)cc2)C1. The predicted octanol–water partition coefficient (Wildman–Crippen LogP) is 3.14. The van der Waals surface area contributed by atoms with Crippen LogP contribution in [0.25, 0.3) is 0 Å². The van der Waals surface area contributed by atoms with Crippen LogP contribution in [0.2, 0.25) is 0 Å². The fourth-order valence-electron chi connectivity index (χ4n) is 1.90. The molecule has 1 aromatic carbocycles. The summed E-state index contributed by atoms with van der Waals surface area (Å²) in [5.41, 5.74) is 1.82. The van der Waals surface area contributed by atoms with Crippen molar-refractivity contribution in [3.8, 4) is 0 Å². The highest BCUT2D eigenvalue weighted by Gasteiger charge is 2.29. The van der Waals surface area contributed by atoms with E-state index in [2.05, 4.69) is 5.32 Å². The monoisotopic (exact) mass is 302 g/mol. The summed E-state index contributed by atoms with van der Waals surface area (Å²) in [6, 6.07) is 5.43. The van der Waals surface area contributed by atoms with E-state index in [-0.39, 0.29) is 34.5 Å². The van der Waals surface area contributed by atoms with Crippen LogP contribution < -0.4 is 11.1 Å². The maximum atomic E-state index is 12.2. The lowest BCUT2D eigenvalue weighted by Gasteiger charge is -2.11. The van der Waals surface area contributed by atoms with Gasteiger partial charge in [0, 0.05) is 16.6 Å². The second-order valence-corrected chi connectivity index (χ2v) is 5.59. The van der Waals surface area contributed by atoms with Gasteiger partial charge in [-0.15, -0.1) is 0 Å². The fraction of sp³-hybridized carbons (Fsp3) is 0.308. The number of alkyl halides is 3. The highest BCUT2D eigenvalue weighted by Crippen LogP contribution is 2.37. The number of carbonyl (C=O) groups is 1. The zero-order valence-corrected chi connectivity index (χ0v) is 11.2. The third-order valence-corrected chi connectivity index (χ3v) is 3.55. The molecule has 0 radical (unpaired) electrons. The first-order valence-corrected chi connectivity index (χ1v) is 6.76. The molecule has 0 saturated heterocycles. The summed E-state index contributed by atoms with van der Waals surface area (Å²) in [6.45, 7) is 0. The van der Waals surface area contributed by atoms with Gasteiger partial charge in [-0.05, 0) is 42.4 Å². The lowest BCUT2D eigenvalue weighted by atomic mass is 10.1. The first kappa shape index (κ1) is 14.9. The van der Waals surface area contributed by atoms with Crippen molar-refractivity contribution >= 4 is 23.4 Å². The summed E-state index contributed by atoms with van der Waals surface area (Å²) in [6.07, 6.45) is 4.06. The van der Waals surface area contributed by atoms with E-state index in [4.69, 9.17) is 5.73 Å². The highest BCUT2D eigenvalue weighted by atomic mass is 32.2. The Morgan fingerprint density at radius 3 is 2.40 bits per heavy atom. The molecule has 1 aliphatic rings. The molecule has 0 heterocycles. The molecule has 0 fully saturated rings. The summed E-state index contributed by atoms with van der Waals surface area (Å²) in [5, 5.41) is 2.66. The normalized spacial score (nSPS) is 22.0. The molecule has 20 heavy (non-hydrogen) atoms. The van der Waals surface area contributed by atoms with Crippen molar-refractivity contribution in [2.45, 2.75) is 22.9 Å². The standard InChI is InChI=1S/C13H13F3N2OS/c14-13(15,16)20-11-5-3-10(4-6-11)18-12(19)8-1-2-9(17)7-8/h1-6,8-9H,7,17H2,(H,18,19). The fourth-order valence-corrected chi connectivity index (χ4v) is 2.44. The first-order chi connectivity index (χ1) is 9.33. The van der Waals surface area contributed by atoms with E-state index in [0.29, 0.717) is 12.1 Å². The van der Waals surface area contributed by atoms with Gasteiger partial charge in [0.1, 0.15) is 0 Å². The van der Waals surface area contributed by atoms with Crippen molar-refractivity contribution in [2.75, 3.05) is 5.32 Å². The lowest BCUT2D eigenvalue weighted by molar-refractivity contribution is -0.118. The highest BCUT2D eigenvalue weighted by molar-refractivity contribution is 8.00. The Morgan fingerprint density at radius 2 is 1.90 bits per heavy atom. The predicted molar refractivity (Wildman–Crippen MR) is 72.2 cm³/mol. The largest absolute Gasteiger partial charge is 0.446 e. The average Bonchev–Trinajstić information content (AvgIpc) is 2.77. The molecule has 3 nitrogen and oxygen atoms in total. The number of anilines is 1. The minimum atomic E-state index is -4.31. The third kappa shape index (κ3) is 4.28. The van der Waals surface area contributed by atoms with Crippen molar-refractivity contribution in [1.82, 2.24) is 0 Å². The Kier molecular flexibility index (Phi) is 4.39. The summed E-state index contributed by atoms with van der Waals surface area (Å²) in [7, 11) is 0. The van der Waals surface area contributed by atoms with E-state index in [1.54, 1.807) is 12.2 Å². The van der Waals surface area contributed by atoms with Crippen LogP contribution in [0.4, 0.5) is 18.9 Å². The van der Waals surface area contributed by atoms with Crippen LogP contribution in [0.1, 0.15) is 6.42 Å². The molecule has 2 atom stereocenters. The lowest BCUT2D eigenvalue weighted by Crippen LogP contribution is -2.23. The first-order valence-electron chi connectivity index (χ1n) is 5.94. The van der Waals surface area contributed by atoms with Crippen LogP contribution in [0.15, 0.2) is 41.3 Å². The van der Waals surface area contributed by atoms with Crippen molar-refractivity contribution in [2.24, 2.45) is 11.7 Å². The van der Waals surface area contributed by atoms with Crippen LogP contribution in [-0.2, 0) is 4.79 Å². The Balaban J connectivity index is 1.94. The van der Waals surface area contributed by atoms with E-state index >= 15 is 0 Å². The van der Waals surface area contributed by atoms with E-state index in [1.165, 1.54) is 24.3 Å². The number of hydrogen-bond donors (Lipinski definition) is 2. The molecule has 0 bridgehead atoms. The number of carbonyl (C=O) groups excluding carboxylic acids is 1. The van der Waals surface area contributed by atoms with Gasteiger partial charge in [0.05, 0.1) is 5.92 Å². The van der Waals surface area contributed by atoms with Crippen molar-refractivity contribution in [1.29, 1.82) is 0 Å². The number of benzene rings is 1. The molecule has 7 heteroatoms. The van der Waals surface area contributed by atoms with Crippen LogP contribution >= 0.6 is 11.8 Å². The minimum absolute atomic E-state index is 0.0817. The van der Waals surface area contributed by atoms with Gasteiger partial charge in [-0.2, -0.15) is 13.2 Å². The molecule has 2 rings (SSSR count). The van der Waals surface area contributed by atoms with Gasteiger partial charge in [-0.3, -0.25) is 4.79 Å². The Hall–Kier alpha value is -1.47. The van der Waals surface area contributed by atoms with Crippen LogP contribution in [0.5, 0.6) is 0 Å². The summed E-state index contributed by atoms with van der Waals surface area (Å²) >= 11 is -0.186. The average molecular weight is 302 g/mol. The number of nitrogens with two attached hydrogens (primary N) is 1. The molecule has 1 amide bonds. The maximum Gasteiger partial charge on any atom is 0.446 e. The quantitative estimate of drug-likeness (QED) is 0.666. The van der Waals surface area contributed by atoms with Gasteiger partial charge >= 0.3 is 5.51 Å². The summed E-state index contributed by atoms with van der Waals surface area (Å²) in [4.78, 5) is 12.0. The van der Waals surface area contributed by atoms with E-state index < -0.39 is 5.51 Å². The molecular formula is C13H13F3N2OS. The molecule has 0 aliphatic heterocycles. The molecular weight excluding hydrogens is 289 g/mol. The third-order valence-electron chi connectivity index (χ3n) is 2.81. The van der Waals surface area contributed by atoms with Crippen molar-refractivity contribution in [3.05, 3.63) is 36.4 Å². The van der Waals surface area contributed by atoms with E-state index in [9.17, 15) is 18.0 Å². The molecule has 2 unspecified atom stereocenters. The van der Waals surface area contributed by atoms with E-state index in [0.717, 1.165) is 0 Å². The molecule has 0 saturated carbocycles. The Bertz CT molecular complexity index is 513. The topological polar surface area (TPSA) is 55.1 Å². The van der Waals surface area contributed by atoms with Gasteiger partial charge in [0.25, 0.3) is 0 Å². The van der Waals surface area contributed by atoms with Crippen molar-refractivity contribution in [3.63, 3.8) is 0 Å². The zero-order valence-electron chi connectivity index (χ0n) is 10.4. The number of amides is 1. The van der Waals surface area contributed by atoms with Crippen LogP contribution in [-0.4, -0.2) is 17.5 Å². The van der Waals surface area contributed by atoms with Gasteiger partial charge in [0.2, 0.25) is 5.91 Å². The van der Waals surface area contributed by atoms with Crippen LogP contribution in [0.3, 0.4) is 0 Å². The zero-order chi connectivity index (χ0) is 14.8. The molecule has 1 aliphatic carbocycles. The molecule has 0 spiro atoms. The van der Waals surface area contributed by atoms with Gasteiger partial charge < -0.3 is 11.1 Å². The molecule has 1 aromatic rings. The maximum absolute atomic E-state index is 12.2. The van der Waals surface area contributed by atoms with Crippen molar-refractivity contribution < 1.29 is 18.0 Å². The number of nitrogens with one attached hydrogen (secondary N) is 1. The molecule has 3 N–H and O–H groups in total. The number of halogens is 3. The second kappa shape index (κ2) is 5.88. The van der Waals surface area contributed by atoms with E-state index in [1.807, 2.05) is 0 Å². The summed E-state index contributed by atoms with van der Waals surface area (Å²) < 4.78 is 36.5. The molecule has 108 valence electrons.